The van der Waals surface area contributed by atoms with Gasteiger partial charge in [0.05, 0.1) is 11.6 Å². The van der Waals surface area contributed by atoms with E-state index in [4.69, 9.17) is 5.26 Å². The second-order valence-corrected chi connectivity index (χ2v) is 6.32. The Labute approximate surface area is 147 Å². The van der Waals surface area contributed by atoms with Gasteiger partial charge < -0.3 is 4.90 Å². The van der Waals surface area contributed by atoms with E-state index in [1.54, 1.807) is 11.0 Å². The third-order valence-electron chi connectivity index (χ3n) is 4.58. The monoisotopic (exact) mass is 338 g/mol. The highest BCUT2D eigenvalue weighted by atomic mass is 16.2. The van der Waals surface area contributed by atoms with E-state index < -0.39 is 0 Å². The average Bonchev–Trinajstić information content (AvgIpc) is 3.08. The zero-order valence-electron chi connectivity index (χ0n) is 14.4. The first-order chi connectivity index (χ1) is 12.2. The number of hydrogen-bond acceptors (Lipinski definition) is 5. The summed E-state index contributed by atoms with van der Waals surface area (Å²) in [6.07, 6.45) is 3.98. The number of nitrogens with zero attached hydrogens (tertiary/aromatic N) is 6. The van der Waals surface area contributed by atoms with Crippen molar-refractivity contribution >= 4 is 5.91 Å². The summed E-state index contributed by atoms with van der Waals surface area (Å²) in [7, 11) is 0. The number of carbonyl (C=O) groups excluding carboxylic acids is 1. The van der Waals surface area contributed by atoms with Gasteiger partial charge in [0.15, 0.2) is 0 Å². The minimum Gasteiger partial charge on any atom is -0.340 e. The molecule has 2 heterocycles. The van der Waals surface area contributed by atoms with Gasteiger partial charge in [-0.05, 0) is 31.0 Å². The van der Waals surface area contributed by atoms with Crippen molar-refractivity contribution in [3.63, 3.8) is 0 Å². The molecule has 1 amide bonds. The Bertz CT molecular complexity index is 734. The molecule has 0 bridgehead atoms. The van der Waals surface area contributed by atoms with Crippen LogP contribution in [0.15, 0.2) is 36.9 Å². The lowest BCUT2D eigenvalue weighted by Gasteiger charge is -2.24. The molecule has 7 heteroatoms. The molecule has 0 aliphatic carbocycles. The van der Waals surface area contributed by atoms with Crippen molar-refractivity contribution in [2.45, 2.75) is 25.9 Å². The highest BCUT2D eigenvalue weighted by Gasteiger charge is 2.24. The molecular formula is C18H22N6O. The highest BCUT2D eigenvalue weighted by Crippen LogP contribution is 2.13. The molecule has 1 fully saturated rings. The third kappa shape index (κ3) is 4.22. The summed E-state index contributed by atoms with van der Waals surface area (Å²) in [5, 5.41) is 12.9. The van der Waals surface area contributed by atoms with Gasteiger partial charge in [-0.2, -0.15) is 10.4 Å². The smallest absolute Gasteiger partial charge is 0.247 e. The predicted molar refractivity (Wildman–Crippen MR) is 92.4 cm³/mol. The lowest BCUT2D eigenvalue weighted by Crippen LogP contribution is -2.39. The van der Waals surface area contributed by atoms with E-state index in [1.165, 1.54) is 11.9 Å². The van der Waals surface area contributed by atoms with Crippen molar-refractivity contribution in [3.05, 3.63) is 48.0 Å². The van der Waals surface area contributed by atoms with Crippen molar-refractivity contribution in [2.75, 3.05) is 26.2 Å². The summed E-state index contributed by atoms with van der Waals surface area (Å²) in [4.78, 5) is 20.9. The molecule has 0 N–H and O–H groups in total. The third-order valence-corrected chi connectivity index (χ3v) is 4.58. The number of aromatic nitrogens is 3. The van der Waals surface area contributed by atoms with E-state index in [0.717, 1.165) is 32.6 Å². The van der Waals surface area contributed by atoms with Gasteiger partial charge >= 0.3 is 0 Å². The topological polar surface area (TPSA) is 78.0 Å². The molecule has 1 aliphatic heterocycles. The second kappa shape index (κ2) is 7.90. The molecule has 130 valence electrons. The van der Waals surface area contributed by atoms with Crippen LogP contribution >= 0.6 is 0 Å². The van der Waals surface area contributed by atoms with Gasteiger partial charge in [-0.1, -0.05) is 12.1 Å². The Balaban J connectivity index is 1.56. The van der Waals surface area contributed by atoms with Crippen LogP contribution in [0, 0.1) is 11.3 Å². The van der Waals surface area contributed by atoms with Crippen LogP contribution in [0.4, 0.5) is 0 Å². The molecule has 1 saturated heterocycles. The Morgan fingerprint density at radius 2 is 2.04 bits per heavy atom. The normalized spacial score (nSPS) is 16.9. The number of rotatable bonds is 4. The number of carbonyl (C=O) groups is 1. The van der Waals surface area contributed by atoms with E-state index in [9.17, 15) is 4.79 Å². The minimum atomic E-state index is -0.326. The molecule has 0 unspecified atom stereocenters. The standard InChI is InChI=1S/C18H22N6O/c1-15(24-14-20-13-21-24)18(25)23-8-2-7-22(9-10-23)12-17-5-3-16(11-19)4-6-17/h3-6,13-15H,2,7-10,12H2,1H3/t15-/m1/s1. The Kier molecular flexibility index (Phi) is 5.41. The quantitative estimate of drug-likeness (QED) is 0.843. The molecule has 0 spiro atoms. The zero-order chi connectivity index (χ0) is 17.6. The Hall–Kier alpha value is -2.72. The SMILES string of the molecule is C[C@H](C(=O)N1CCCN(Cc2ccc(C#N)cc2)CC1)n1cncn1. The van der Waals surface area contributed by atoms with Crippen LogP contribution in [0.1, 0.15) is 30.5 Å². The molecule has 25 heavy (non-hydrogen) atoms. The van der Waals surface area contributed by atoms with Crippen LogP contribution in [0.5, 0.6) is 0 Å². The van der Waals surface area contributed by atoms with Crippen LogP contribution in [0.25, 0.3) is 0 Å². The van der Waals surface area contributed by atoms with Crippen LogP contribution in [0.3, 0.4) is 0 Å². The van der Waals surface area contributed by atoms with Gasteiger partial charge in [0, 0.05) is 32.7 Å². The van der Waals surface area contributed by atoms with Gasteiger partial charge in [-0.25, -0.2) is 9.67 Å². The average molecular weight is 338 g/mol. The van der Waals surface area contributed by atoms with Gasteiger partial charge in [-0.15, -0.1) is 0 Å². The molecule has 0 saturated carbocycles. The summed E-state index contributed by atoms with van der Waals surface area (Å²) in [6.45, 7) is 5.98. The molecule has 0 radical (unpaired) electrons. The Morgan fingerprint density at radius 1 is 1.24 bits per heavy atom. The maximum atomic E-state index is 12.7. The van der Waals surface area contributed by atoms with Crippen LogP contribution in [0.2, 0.25) is 0 Å². The van der Waals surface area contributed by atoms with Crippen molar-refractivity contribution in [1.29, 1.82) is 5.26 Å². The Morgan fingerprint density at radius 3 is 2.72 bits per heavy atom. The first-order valence-corrected chi connectivity index (χ1v) is 8.51. The number of benzene rings is 1. The molecule has 1 aromatic heterocycles. The summed E-state index contributed by atoms with van der Waals surface area (Å²) >= 11 is 0. The number of amides is 1. The van der Waals surface area contributed by atoms with E-state index in [1.807, 2.05) is 36.1 Å². The molecule has 7 nitrogen and oxygen atoms in total. The molecule has 1 aromatic carbocycles. The summed E-state index contributed by atoms with van der Waals surface area (Å²) in [5.74, 6) is 0.0886. The van der Waals surface area contributed by atoms with Crippen molar-refractivity contribution < 1.29 is 4.79 Å². The first kappa shape index (κ1) is 17.1. The van der Waals surface area contributed by atoms with E-state index >= 15 is 0 Å². The number of hydrogen-bond donors (Lipinski definition) is 0. The molecule has 1 atom stereocenters. The molecular weight excluding hydrogens is 316 g/mol. The largest absolute Gasteiger partial charge is 0.340 e. The van der Waals surface area contributed by atoms with E-state index in [-0.39, 0.29) is 11.9 Å². The highest BCUT2D eigenvalue weighted by molar-refractivity contribution is 5.80. The maximum absolute atomic E-state index is 12.7. The fourth-order valence-corrected chi connectivity index (χ4v) is 3.09. The summed E-state index contributed by atoms with van der Waals surface area (Å²) in [6, 6.07) is 9.51. The molecule has 1 aliphatic rings. The van der Waals surface area contributed by atoms with Gasteiger partial charge in [0.2, 0.25) is 5.91 Å². The fourth-order valence-electron chi connectivity index (χ4n) is 3.09. The van der Waals surface area contributed by atoms with Crippen molar-refractivity contribution in [3.8, 4) is 6.07 Å². The lowest BCUT2D eigenvalue weighted by atomic mass is 10.1. The molecule has 2 aromatic rings. The van der Waals surface area contributed by atoms with Crippen LogP contribution in [-0.2, 0) is 11.3 Å². The van der Waals surface area contributed by atoms with Crippen LogP contribution in [-0.4, -0.2) is 56.7 Å². The van der Waals surface area contributed by atoms with Crippen molar-refractivity contribution in [2.24, 2.45) is 0 Å². The summed E-state index contributed by atoms with van der Waals surface area (Å²) in [5.41, 5.74) is 1.87. The van der Waals surface area contributed by atoms with Gasteiger partial charge in [0.1, 0.15) is 18.7 Å². The summed E-state index contributed by atoms with van der Waals surface area (Å²) < 4.78 is 1.60. The lowest BCUT2D eigenvalue weighted by molar-refractivity contribution is -0.134. The zero-order valence-corrected chi connectivity index (χ0v) is 14.4. The van der Waals surface area contributed by atoms with Crippen molar-refractivity contribution in [1.82, 2.24) is 24.6 Å². The number of nitriles is 1. The molecule has 3 rings (SSSR count). The van der Waals surface area contributed by atoms with E-state index in [0.29, 0.717) is 12.1 Å². The fraction of sp³-hybridized carbons (Fsp3) is 0.444. The second-order valence-electron chi connectivity index (χ2n) is 6.32. The predicted octanol–water partition coefficient (Wildman–Crippen LogP) is 1.45. The van der Waals surface area contributed by atoms with Gasteiger partial charge in [0.25, 0.3) is 0 Å². The maximum Gasteiger partial charge on any atom is 0.247 e. The van der Waals surface area contributed by atoms with Crippen LogP contribution < -0.4 is 0 Å². The van der Waals surface area contributed by atoms with E-state index in [2.05, 4.69) is 21.1 Å². The minimum absolute atomic E-state index is 0.0886. The van der Waals surface area contributed by atoms with Gasteiger partial charge in [-0.3, -0.25) is 9.69 Å². The first-order valence-electron chi connectivity index (χ1n) is 8.51.